The van der Waals surface area contributed by atoms with E-state index >= 15 is 0 Å². The van der Waals surface area contributed by atoms with Crippen molar-refractivity contribution in [2.45, 2.75) is 26.4 Å². The number of hydrogen-bond donors (Lipinski definition) is 1. The van der Waals surface area contributed by atoms with Gasteiger partial charge < -0.3 is 15.0 Å². The smallest absolute Gasteiger partial charge is 0.244 e. The SMILES string of the molecule is CCNC(=O)C(C)N(Cc1ccccc1Cl)C(=O)CN(c1ccc(OC)cc1)S(C)(=O)=O. The Kier molecular flexibility index (Phi) is 8.91. The number of nitrogens with one attached hydrogen (secondary N) is 1. The molecule has 174 valence electrons. The van der Waals surface area contributed by atoms with Crippen LogP contribution in [0.25, 0.3) is 0 Å². The number of benzene rings is 2. The van der Waals surface area contributed by atoms with Crippen LogP contribution in [0.3, 0.4) is 0 Å². The zero-order valence-corrected chi connectivity index (χ0v) is 20.1. The van der Waals surface area contributed by atoms with Crippen molar-refractivity contribution in [1.82, 2.24) is 10.2 Å². The second kappa shape index (κ2) is 11.2. The number of halogens is 1. The molecular weight excluding hydrogens is 454 g/mol. The normalized spacial score (nSPS) is 12.0. The minimum Gasteiger partial charge on any atom is -0.497 e. The summed E-state index contributed by atoms with van der Waals surface area (Å²) >= 11 is 6.26. The van der Waals surface area contributed by atoms with Crippen molar-refractivity contribution in [3.05, 3.63) is 59.1 Å². The first-order chi connectivity index (χ1) is 15.1. The van der Waals surface area contributed by atoms with Gasteiger partial charge in [0, 0.05) is 18.1 Å². The number of sulfonamides is 1. The predicted octanol–water partition coefficient (Wildman–Crippen LogP) is 2.67. The molecule has 2 aromatic carbocycles. The van der Waals surface area contributed by atoms with Crippen LogP contribution in [0.15, 0.2) is 48.5 Å². The van der Waals surface area contributed by atoms with E-state index in [1.807, 2.05) is 0 Å². The fraction of sp³-hybridized carbons (Fsp3) is 0.364. The summed E-state index contributed by atoms with van der Waals surface area (Å²) in [4.78, 5) is 27.2. The predicted molar refractivity (Wildman–Crippen MR) is 125 cm³/mol. The van der Waals surface area contributed by atoms with Gasteiger partial charge in [-0.3, -0.25) is 13.9 Å². The van der Waals surface area contributed by atoms with Crippen LogP contribution in [0.2, 0.25) is 5.02 Å². The highest BCUT2D eigenvalue weighted by atomic mass is 35.5. The van der Waals surface area contributed by atoms with E-state index in [1.165, 1.54) is 12.0 Å². The van der Waals surface area contributed by atoms with Crippen molar-refractivity contribution in [2.24, 2.45) is 0 Å². The van der Waals surface area contributed by atoms with Crippen LogP contribution in [0.1, 0.15) is 19.4 Å². The van der Waals surface area contributed by atoms with Gasteiger partial charge in [0.25, 0.3) is 0 Å². The molecule has 2 amide bonds. The molecular formula is C22H28ClN3O5S. The van der Waals surface area contributed by atoms with Gasteiger partial charge >= 0.3 is 0 Å². The molecule has 2 aromatic rings. The molecule has 1 unspecified atom stereocenters. The molecule has 0 fully saturated rings. The maximum absolute atomic E-state index is 13.3. The third-order valence-electron chi connectivity index (χ3n) is 4.86. The average molecular weight is 482 g/mol. The highest BCUT2D eigenvalue weighted by molar-refractivity contribution is 7.92. The molecule has 0 spiro atoms. The summed E-state index contributed by atoms with van der Waals surface area (Å²) in [5.41, 5.74) is 0.957. The van der Waals surface area contributed by atoms with Crippen LogP contribution >= 0.6 is 11.6 Å². The lowest BCUT2D eigenvalue weighted by Gasteiger charge is -2.31. The van der Waals surface area contributed by atoms with Crippen LogP contribution in [0.5, 0.6) is 5.75 Å². The molecule has 32 heavy (non-hydrogen) atoms. The van der Waals surface area contributed by atoms with Crippen LogP contribution in [0, 0.1) is 0 Å². The van der Waals surface area contributed by atoms with Gasteiger partial charge in [-0.2, -0.15) is 0 Å². The minimum absolute atomic E-state index is 0.0526. The van der Waals surface area contributed by atoms with Gasteiger partial charge in [-0.05, 0) is 49.7 Å². The quantitative estimate of drug-likeness (QED) is 0.562. The maximum Gasteiger partial charge on any atom is 0.244 e. The number of rotatable bonds is 10. The van der Waals surface area contributed by atoms with Gasteiger partial charge in [-0.25, -0.2) is 8.42 Å². The Morgan fingerprint density at radius 2 is 1.75 bits per heavy atom. The van der Waals surface area contributed by atoms with Gasteiger partial charge in [0.05, 0.1) is 19.1 Å². The average Bonchev–Trinajstić information content (AvgIpc) is 2.75. The summed E-state index contributed by atoms with van der Waals surface area (Å²) in [5, 5.41) is 3.15. The summed E-state index contributed by atoms with van der Waals surface area (Å²) in [6.45, 7) is 3.35. The first-order valence-electron chi connectivity index (χ1n) is 10.0. The third kappa shape index (κ3) is 6.61. The molecule has 0 aliphatic carbocycles. The Balaban J connectivity index is 2.38. The van der Waals surface area contributed by atoms with Gasteiger partial charge in [-0.15, -0.1) is 0 Å². The van der Waals surface area contributed by atoms with Crippen molar-refractivity contribution in [3.8, 4) is 5.75 Å². The third-order valence-corrected chi connectivity index (χ3v) is 6.37. The lowest BCUT2D eigenvalue weighted by atomic mass is 10.1. The van der Waals surface area contributed by atoms with Crippen molar-refractivity contribution in [2.75, 3.05) is 30.8 Å². The number of methoxy groups -OCH3 is 1. The van der Waals surface area contributed by atoms with Crippen LogP contribution in [-0.4, -0.2) is 57.6 Å². The number of ether oxygens (including phenoxy) is 1. The van der Waals surface area contributed by atoms with Gasteiger partial charge in [0.2, 0.25) is 21.8 Å². The lowest BCUT2D eigenvalue weighted by Crippen LogP contribution is -2.51. The fourth-order valence-corrected chi connectivity index (χ4v) is 4.12. The highest BCUT2D eigenvalue weighted by Crippen LogP contribution is 2.23. The lowest BCUT2D eigenvalue weighted by molar-refractivity contribution is -0.139. The molecule has 0 aliphatic heterocycles. The standard InChI is InChI=1S/C22H28ClN3O5S/c1-5-24-22(28)16(2)25(14-17-8-6-7-9-20(17)23)21(27)15-26(32(4,29)30)18-10-12-19(31-3)13-11-18/h6-13,16H,5,14-15H2,1-4H3,(H,24,28). The first-order valence-corrected chi connectivity index (χ1v) is 12.2. The molecule has 0 saturated carbocycles. The second-order valence-corrected chi connectivity index (χ2v) is 9.47. The Labute approximate surface area is 194 Å². The summed E-state index contributed by atoms with van der Waals surface area (Å²) in [5.74, 6) is -0.327. The summed E-state index contributed by atoms with van der Waals surface area (Å²) < 4.78 is 31.1. The van der Waals surface area contributed by atoms with Crippen LogP contribution < -0.4 is 14.4 Å². The van der Waals surface area contributed by atoms with E-state index in [4.69, 9.17) is 16.3 Å². The van der Waals surface area contributed by atoms with Crippen LogP contribution in [0.4, 0.5) is 5.69 Å². The number of carbonyl (C=O) groups excluding carboxylic acids is 2. The van der Waals surface area contributed by atoms with Crippen LogP contribution in [-0.2, 0) is 26.2 Å². The molecule has 2 rings (SSSR count). The van der Waals surface area contributed by atoms with E-state index in [2.05, 4.69) is 5.32 Å². The zero-order valence-electron chi connectivity index (χ0n) is 18.5. The number of anilines is 1. The van der Waals surface area contributed by atoms with Crippen molar-refractivity contribution >= 4 is 39.1 Å². The molecule has 10 heteroatoms. The molecule has 0 aromatic heterocycles. The summed E-state index contributed by atoms with van der Waals surface area (Å²) in [6, 6.07) is 12.5. The Hall–Kier alpha value is -2.78. The highest BCUT2D eigenvalue weighted by Gasteiger charge is 2.30. The molecule has 0 radical (unpaired) electrons. The number of amides is 2. The molecule has 0 bridgehead atoms. The zero-order chi connectivity index (χ0) is 23.9. The van der Waals surface area contributed by atoms with Crippen molar-refractivity contribution in [3.63, 3.8) is 0 Å². The van der Waals surface area contributed by atoms with E-state index in [0.717, 1.165) is 10.6 Å². The van der Waals surface area contributed by atoms with Crippen molar-refractivity contribution < 1.29 is 22.7 Å². The van der Waals surface area contributed by atoms with Gasteiger partial charge in [0.15, 0.2) is 0 Å². The first kappa shape index (κ1) is 25.5. The van der Waals surface area contributed by atoms with Crippen molar-refractivity contribution in [1.29, 1.82) is 0 Å². The minimum atomic E-state index is -3.78. The molecule has 8 nitrogen and oxygen atoms in total. The van der Waals surface area contributed by atoms with E-state index in [9.17, 15) is 18.0 Å². The molecule has 1 N–H and O–H groups in total. The summed E-state index contributed by atoms with van der Waals surface area (Å²) in [6.07, 6.45) is 1.02. The molecule has 0 heterocycles. The molecule has 0 saturated heterocycles. The van der Waals surface area contributed by atoms with E-state index in [0.29, 0.717) is 28.6 Å². The Bertz CT molecular complexity index is 1040. The monoisotopic (exact) mass is 481 g/mol. The number of hydrogen-bond acceptors (Lipinski definition) is 5. The largest absolute Gasteiger partial charge is 0.497 e. The fourth-order valence-electron chi connectivity index (χ4n) is 3.08. The summed E-state index contributed by atoms with van der Waals surface area (Å²) in [7, 11) is -2.28. The number of nitrogens with zero attached hydrogens (tertiary/aromatic N) is 2. The van der Waals surface area contributed by atoms with E-state index in [1.54, 1.807) is 62.4 Å². The second-order valence-electron chi connectivity index (χ2n) is 7.15. The Morgan fingerprint density at radius 3 is 2.28 bits per heavy atom. The topological polar surface area (TPSA) is 96.0 Å². The van der Waals surface area contributed by atoms with E-state index < -0.39 is 28.5 Å². The maximum atomic E-state index is 13.3. The number of likely N-dealkylation sites (N-methyl/N-ethyl adjacent to an activating group) is 1. The molecule has 1 atom stereocenters. The van der Waals surface area contributed by atoms with E-state index in [-0.39, 0.29) is 12.5 Å². The molecule has 0 aliphatic rings. The van der Waals surface area contributed by atoms with Gasteiger partial charge in [0.1, 0.15) is 18.3 Å². The van der Waals surface area contributed by atoms with Gasteiger partial charge in [-0.1, -0.05) is 29.8 Å². The number of carbonyl (C=O) groups is 2. The Morgan fingerprint density at radius 1 is 1.12 bits per heavy atom.